The molecule has 0 unspecified atom stereocenters. The van der Waals surface area contributed by atoms with Crippen molar-refractivity contribution in [2.24, 2.45) is 0 Å². The highest BCUT2D eigenvalue weighted by molar-refractivity contribution is 7.10. The van der Waals surface area contributed by atoms with E-state index in [4.69, 9.17) is 11.6 Å². The first-order valence-electron chi connectivity index (χ1n) is 4.43. The van der Waals surface area contributed by atoms with Crippen molar-refractivity contribution < 1.29 is 9.53 Å². The van der Waals surface area contributed by atoms with Crippen LogP contribution in [0.5, 0.6) is 0 Å². The summed E-state index contributed by atoms with van der Waals surface area (Å²) in [6.07, 6.45) is 0. The molecule has 0 atom stereocenters. The zero-order valence-electron chi connectivity index (χ0n) is 8.57. The van der Waals surface area contributed by atoms with Gasteiger partial charge in [-0.25, -0.2) is 0 Å². The van der Waals surface area contributed by atoms with Gasteiger partial charge < -0.3 is 4.74 Å². The van der Waals surface area contributed by atoms with Gasteiger partial charge in [-0.1, -0.05) is 23.0 Å². The molecule has 7 heteroatoms. The predicted molar refractivity (Wildman–Crippen MR) is 57.9 cm³/mol. The van der Waals surface area contributed by atoms with Crippen LogP contribution in [0.25, 0.3) is 0 Å². The Morgan fingerprint density at radius 3 is 2.87 bits per heavy atom. The lowest BCUT2D eigenvalue weighted by atomic mass is 10.4. The van der Waals surface area contributed by atoms with Gasteiger partial charge in [0, 0.05) is 18.1 Å². The number of halogens is 1. The van der Waals surface area contributed by atoms with Gasteiger partial charge in [0.15, 0.2) is 0 Å². The predicted octanol–water partition coefficient (Wildman–Crippen LogP) is 1.19. The summed E-state index contributed by atoms with van der Waals surface area (Å²) in [6.45, 7) is 3.43. The van der Waals surface area contributed by atoms with Gasteiger partial charge in [0.2, 0.25) is 0 Å². The van der Waals surface area contributed by atoms with Gasteiger partial charge >= 0.3 is 5.97 Å². The Kier molecular flexibility index (Phi) is 4.93. The molecular formula is C8H12ClN3O2S. The molecule has 1 rings (SSSR count). The number of rotatable bonds is 5. The summed E-state index contributed by atoms with van der Waals surface area (Å²) in [7, 11) is 1.37. The van der Waals surface area contributed by atoms with Crippen molar-refractivity contribution in [3.8, 4) is 0 Å². The van der Waals surface area contributed by atoms with Crippen molar-refractivity contribution in [2.45, 2.75) is 13.5 Å². The number of aromatic nitrogens is 2. The van der Waals surface area contributed by atoms with Crippen LogP contribution in [0.3, 0.4) is 0 Å². The van der Waals surface area contributed by atoms with E-state index in [1.165, 1.54) is 7.11 Å². The summed E-state index contributed by atoms with van der Waals surface area (Å²) in [5.41, 5.74) is 0.701. The second-order valence-electron chi connectivity index (χ2n) is 2.87. The maximum atomic E-state index is 11.1. The number of nitrogens with zero attached hydrogens (tertiary/aromatic N) is 3. The summed E-state index contributed by atoms with van der Waals surface area (Å²) in [5, 5.41) is 3.88. The van der Waals surface area contributed by atoms with Gasteiger partial charge in [0.1, 0.15) is 10.0 Å². The Hall–Kier alpha value is -0.720. The number of methoxy groups -OCH3 is 1. The van der Waals surface area contributed by atoms with E-state index in [1.807, 2.05) is 11.8 Å². The first kappa shape index (κ1) is 12.4. The van der Waals surface area contributed by atoms with E-state index in [1.54, 1.807) is 0 Å². The molecule has 0 bridgehead atoms. The minimum absolute atomic E-state index is 0.237. The lowest BCUT2D eigenvalue weighted by Gasteiger charge is -2.17. The van der Waals surface area contributed by atoms with E-state index in [0.717, 1.165) is 18.1 Å². The Balaban J connectivity index is 2.54. The van der Waals surface area contributed by atoms with Gasteiger partial charge in [0.05, 0.1) is 13.7 Å². The Morgan fingerprint density at radius 2 is 2.40 bits per heavy atom. The van der Waals surface area contributed by atoms with E-state index in [9.17, 15) is 4.79 Å². The van der Waals surface area contributed by atoms with Crippen LogP contribution in [0, 0.1) is 0 Å². The molecule has 15 heavy (non-hydrogen) atoms. The maximum absolute atomic E-state index is 11.1. The number of hydrogen-bond acceptors (Lipinski definition) is 6. The molecule has 0 saturated heterocycles. The molecule has 0 aromatic carbocycles. The lowest BCUT2D eigenvalue weighted by molar-refractivity contribution is -0.142. The molecular weight excluding hydrogens is 238 g/mol. The number of likely N-dealkylation sites (N-methyl/N-ethyl adjacent to an activating group) is 1. The summed E-state index contributed by atoms with van der Waals surface area (Å²) in [6, 6.07) is 0. The van der Waals surface area contributed by atoms with Crippen molar-refractivity contribution >= 4 is 29.1 Å². The monoisotopic (exact) mass is 249 g/mol. The minimum Gasteiger partial charge on any atom is -0.468 e. The molecule has 1 heterocycles. The Bertz CT molecular complexity index is 331. The largest absolute Gasteiger partial charge is 0.468 e. The number of hydrogen-bond donors (Lipinski definition) is 0. The highest BCUT2D eigenvalue weighted by atomic mass is 35.5. The molecule has 0 fully saturated rings. The molecule has 0 N–H and O–H groups in total. The Morgan fingerprint density at radius 1 is 1.67 bits per heavy atom. The molecule has 0 aliphatic carbocycles. The summed E-state index contributed by atoms with van der Waals surface area (Å²) in [5.74, 6) is -0.267. The van der Waals surface area contributed by atoms with Gasteiger partial charge in [-0.2, -0.15) is 0 Å². The van der Waals surface area contributed by atoms with Gasteiger partial charge in [0.25, 0.3) is 0 Å². The molecule has 5 nitrogen and oxygen atoms in total. The average Bonchev–Trinajstić information content (AvgIpc) is 2.63. The van der Waals surface area contributed by atoms with Crippen molar-refractivity contribution in [2.75, 3.05) is 20.2 Å². The quantitative estimate of drug-likeness (QED) is 0.734. The van der Waals surface area contributed by atoms with Crippen LogP contribution < -0.4 is 0 Å². The van der Waals surface area contributed by atoms with Crippen LogP contribution in [0.4, 0.5) is 0 Å². The molecule has 84 valence electrons. The van der Waals surface area contributed by atoms with Crippen LogP contribution in [-0.4, -0.2) is 40.7 Å². The van der Waals surface area contributed by atoms with E-state index in [0.29, 0.717) is 16.6 Å². The van der Waals surface area contributed by atoms with Crippen LogP contribution in [-0.2, 0) is 16.1 Å². The third-order valence-corrected chi connectivity index (χ3v) is 2.89. The van der Waals surface area contributed by atoms with Gasteiger partial charge in [-0.15, -0.1) is 5.10 Å². The SMILES string of the molecule is CCN(CC(=O)OC)Cc1nnsc1Cl. The van der Waals surface area contributed by atoms with E-state index in [2.05, 4.69) is 14.3 Å². The van der Waals surface area contributed by atoms with Crippen LogP contribution in [0.15, 0.2) is 0 Å². The molecule has 0 aliphatic heterocycles. The molecule has 1 aromatic heterocycles. The van der Waals surface area contributed by atoms with Gasteiger partial charge in [-0.05, 0) is 6.54 Å². The highest BCUT2D eigenvalue weighted by Gasteiger charge is 2.13. The van der Waals surface area contributed by atoms with Crippen LogP contribution in [0.1, 0.15) is 12.6 Å². The van der Waals surface area contributed by atoms with Crippen LogP contribution >= 0.6 is 23.1 Å². The van der Waals surface area contributed by atoms with E-state index >= 15 is 0 Å². The maximum Gasteiger partial charge on any atom is 0.319 e. The van der Waals surface area contributed by atoms with Crippen molar-refractivity contribution in [1.29, 1.82) is 0 Å². The van der Waals surface area contributed by atoms with Gasteiger partial charge in [-0.3, -0.25) is 9.69 Å². The molecule has 0 amide bonds. The first-order valence-corrected chi connectivity index (χ1v) is 5.58. The fraction of sp³-hybridized carbons (Fsp3) is 0.625. The number of carbonyl (C=O) groups excluding carboxylic acids is 1. The molecule has 0 radical (unpaired) electrons. The normalized spacial score (nSPS) is 10.7. The molecule has 0 saturated carbocycles. The van der Waals surface area contributed by atoms with Crippen molar-refractivity contribution in [1.82, 2.24) is 14.5 Å². The third kappa shape index (κ3) is 3.73. The third-order valence-electron chi connectivity index (χ3n) is 1.91. The van der Waals surface area contributed by atoms with Crippen molar-refractivity contribution in [3.05, 3.63) is 10.0 Å². The summed E-state index contributed by atoms with van der Waals surface area (Å²) < 4.78 is 8.88. The highest BCUT2D eigenvalue weighted by Crippen LogP contribution is 2.18. The molecule has 0 aliphatic rings. The first-order chi connectivity index (χ1) is 7.17. The topological polar surface area (TPSA) is 55.3 Å². The fourth-order valence-electron chi connectivity index (χ4n) is 1.03. The fourth-order valence-corrected chi connectivity index (χ4v) is 1.64. The lowest BCUT2D eigenvalue weighted by Crippen LogP contribution is -2.30. The molecule has 1 aromatic rings. The number of ether oxygens (including phenoxy) is 1. The van der Waals surface area contributed by atoms with Crippen molar-refractivity contribution in [3.63, 3.8) is 0 Å². The molecule has 0 spiro atoms. The van der Waals surface area contributed by atoms with E-state index in [-0.39, 0.29) is 12.5 Å². The number of esters is 1. The minimum atomic E-state index is -0.267. The smallest absolute Gasteiger partial charge is 0.319 e. The zero-order valence-corrected chi connectivity index (χ0v) is 10.1. The summed E-state index contributed by atoms with van der Waals surface area (Å²) in [4.78, 5) is 12.9. The second-order valence-corrected chi connectivity index (χ2v) is 4.23. The second kappa shape index (κ2) is 5.99. The Labute approximate surface area is 97.1 Å². The average molecular weight is 250 g/mol. The zero-order chi connectivity index (χ0) is 11.3. The summed E-state index contributed by atoms with van der Waals surface area (Å²) >= 11 is 7.00. The van der Waals surface area contributed by atoms with Crippen LogP contribution in [0.2, 0.25) is 4.34 Å². The number of carbonyl (C=O) groups is 1. The standard InChI is InChI=1S/C8H12ClN3O2S/c1-3-12(5-7(13)14-2)4-6-8(9)15-11-10-6/h3-5H2,1-2H3. The van der Waals surface area contributed by atoms with E-state index < -0.39 is 0 Å².